The summed E-state index contributed by atoms with van der Waals surface area (Å²) in [5, 5.41) is 4.72. The van der Waals surface area contributed by atoms with Gasteiger partial charge < -0.3 is 0 Å². The van der Waals surface area contributed by atoms with Crippen molar-refractivity contribution in [1.82, 2.24) is 9.29 Å². The number of nitrogens with zero attached hydrogens (tertiary/aromatic N) is 2. The van der Waals surface area contributed by atoms with E-state index in [1.807, 2.05) is 5.38 Å². The average molecular weight is 314 g/mol. The molecule has 0 aliphatic heterocycles. The fraction of sp³-hybridized carbons (Fsp3) is 0.417. The maximum atomic E-state index is 12.6. The van der Waals surface area contributed by atoms with Crippen molar-refractivity contribution in [2.75, 3.05) is 6.54 Å². The minimum Gasteiger partial charge on any atom is -0.250 e. The lowest BCUT2D eigenvalue weighted by molar-refractivity contribution is 0.408. The largest absolute Gasteiger partial charge is 0.252 e. The summed E-state index contributed by atoms with van der Waals surface area (Å²) >= 11 is 2.86. The molecule has 0 spiro atoms. The molecule has 1 aliphatic carbocycles. The van der Waals surface area contributed by atoms with E-state index in [2.05, 4.69) is 4.98 Å². The van der Waals surface area contributed by atoms with Gasteiger partial charge in [0.05, 0.1) is 5.01 Å². The van der Waals surface area contributed by atoms with Gasteiger partial charge in [-0.1, -0.05) is 6.07 Å². The Labute approximate surface area is 120 Å². The van der Waals surface area contributed by atoms with E-state index in [-0.39, 0.29) is 6.04 Å². The zero-order valence-electron chi connectivity index (χ0n) is 10.2. The van der Waals surface area contributed by atoms with Crippen LogP contribution >= 0.6 is 22.7 Å². The molecule has 0 atom stereocenters. The van der Waals surface area contributed by atoms with Crippen molar-refractivity contribution in [1.29, 1.82) is 0 Å². The minimum atomic E-state index is -3.32. The highest BCUT2D eigenvalue weighted by Crippen LogP contribution is 2.33. The van der Waals surface area contributed by atoms with Crippen molar-refractivity contribution in [2.24, 2.45) is 0 Å². The van der Waals surface area contributed by atoms with Crippen LogP contribution in [0.2, 0.25) is 0 Å². The summed E-state index contributed by atoms with van der Waals surface area (Å²) in [4.78, 5) is 4.21. The SMILES string of the molecule is O=S(=O)(c1cccs1)N(CCc1nccs1)C1CC1. The summed E-state index contributed by atoms with van der Waals surface area (Å²) in [6, 6.07) is 3.65. The minimum absolute atomic E-state index is 0.187. The highest BCUT2D eigenvalue weighted by molar-refractivity contribution is 7.91. The summed E-state index contributed by atoms with van der Waals surface area (Å²) < 4.78 is 27.2. The average Bonchev–Trinajstić information content (AvgIpc) is 2.89. The monoisotopic (exact) mass is 314 g/mol. The Bertz CT molecular complexity index is 616. The Hall–Kier alpha value is -0.760. The van der Waals surface area contributed by atoms with E-state index in [9.17, 15) is 8.42 Å². The van der Waals surface area contributed by atoms with Gasteiger partial charge in [0.1, 0.15) is 4.21 Å². The lowest BCUT2D eigenvalue weighted by Crippen LogP contribution is -2.34. The Kier molecular flexibility index (Phi) is 3.70. The zero-order valence-corrected chi connectivity index (χ0v) is 12.7. The lowest BCUT2D eigenvalue weighted by atomic mass is 10.4. The maximum Gasteiger partial charge on any atom is 0.252 e. The molecule has 0 unspecified atom stereocenters. The van der Waals surface area contributed by atoms with E-state index in [4.69, 9.17) is 0 Å². The van der Waals surface area contributed by atoms with Gasteiger partial charge in [0.25, 0.3) is 10.0 Å². The Morgan fingerprint density at radius 3 is 2.74 bits per heavy atom. The molecule has 0 N–H and O–H groups in total. The molecular formula is C12H14N2O2S3. The molecule has 7 heteroatoms. The van der Waals surface area contributed by atoms with Gasteiger partial charge >= 0.3 is 0 Å². The predicted octanol–water partition coefficient (Wildman–Crippen LogP) is 2.60. The number of hydrogen-bond donors (Lipinski definition) is 0. The smallest absolute Gasteiger partial charge is 0.250 e. The molecule has 2 heterocycles. The fourth-order valence-corrected chi connectivity index (χ4v) is 5.38. The van der Waals surface area contributed by atoms with Gasteiger partial charge in [-0.25, -0.2) is 13.4 Å². The van der Waals surface area contributed by atoms with Crippen molar-refractivity contribution < 1.29 is 8.42 Å². The number of hydrogen-bond acceptors (Lipinski definition) is 5. The molecule has 0 bridgehead atoms. The van der Waals surface area contributed by atoms with Crippen LogP contribution in [0.3, 0.4) is 0 Å². The van der Waals surface area contributed by atoms with Gasteiger partial charge in [-0.2, -0.15) is 4.31 Å². The van der Waals surface area contributed by atoms with Gasteiger partial charge in [-0.3, -0.25) is 0 Å². The molecule has 2 aromatic heterocycles. The number of thiophene rings is 1. The van der Waals surface area contributed by atoms with Crippen LogP contribution in [0.1, 0.15) is 17.8 Å². The van der Waals surface area contributed by atoms with Crippen LogP contribution < -0.4 is 0 Å². The highest BCUT2D eigenvalue weighted by atomic mass is 32.2. The van der Waals surface area contributed by atoms with Crippen LogP contribution in [-0.4, -0.2) is 30.3 Å². The summed E-state index contributed by atoms with van der Waals surface area (Å²) in [6.45, 7) is 0.526. The molecule has 1 aliphatic rings. The molecular weight excluding hydrogens is 300 g/mol. The van der Waals surface area contributed by atoms with Gasteiger partial charge in [0.15, 0.2) is 0 Å². The molecule has 1 saturated carbocycles. The Balaban J connectivity index is 1.77. The lowest BCUT2D eigenvalue weighted by Gasteiger charge is -2.20. The zero-order chi connectivity index (χ0) is 13.3. The first-order chi connectivity index (χ1) is 9.18. The van der Waals surface area contributed by atoms with Crippen molar-refractivity contribution >= 4 is 32.7 Å². The van der Waals surface area contributed by atoms with Crippen LogP contribution in [0.5, 0.6) is 0 Å². The third-order valence-electron chi connectivity index (χ3n) is 3.04. The van der Waals surface area contributed by atoms with Crippen LogP contribution in [0.4, 0.5) is 0 Å². The van der Waals surface area contributed by atoms with E-state index in [0.29, 0.717) is 17.2 Å². The molecule has 19 heavy (non-hydrogen) atoms. The summed E-state index contributed by atoms with van der Waals surface area (Å²) in [7, 11) is -3.32. The van der Waals surface area contributed by atoms with Crippen LogP contribution in [0.25, 0.3) is 0 Å². The number of sulfonamides is 1. The van der Waals surface area contributed by atoms with Crippen molar-refractivity contribution in [3.8, 4) is 0 Å². The second-order valence-electron chi connectivity index (χ2n) is 4.45. The Morgan fingerprint density at radius 2 is 2.16 bits per heavy atom. The quantitative estimate of drug-likeness (QED) is 0.823. The van der Waals surface area contributed by atoms with E-state index >= 15 is 0 Å². The molecule has 2 aromatic rings. The standard InChI is InChI=1S/C12H14N2O2S3/c15-19(16,12-2-1-8-18-12)14(10-3-4-10)7-5-11-13-6-9-17-11/h1-2,6,8-10H,3-5,7H2. The summed E-state index contributed by atoms with van der Waals surface area (Å²) in [6.07, 6.45) is 4.40. The molecule has 1 fully saturated rings. The number of thiazole rings is 1. The third kappa shape index (κ3) is 2.89. The first-order valence-corrected chi connectivity index (χ1v) is 9.31. The second-order valence-corrected chi connectivity index (χ2v) is 8.50. The van der Waals surface area contributed by atoms with Crippen molar-refractivity contribution in [3.63, 3.8) is 0 Å². The van der Waals surface area contributed by atoms with Crippen molar-refractivity contribution in [3.05, 3.63) is 34.1 Å². The molecule has 0 radical (unpaired) electrons. The van der Waals surface area contributed by atoms with Crippen molar-refractivity contribution in [2.45, 2.75) is 29.5 Å². The molecule has 0 amide bonds. The van der Waals surface area contributed by atoms with Gasteiger partial charge in [0, 0.05) is 30.6 Å². The molecule has 4 nitrogen and oxygen atoms in total. The topological polar surface area (TPSA) is 50.3 Å². The third-order valence-corrected chi connectivity index (χ3v) is 7.21. The number of rotatable bonds is 6. The molecule has 0 aromatic carbocycles. The van der Waals surface area contributed by atoms with E-state index in [0.717, 1.165) is 17.8 Å². The van der Waals surface area contributed by atoms with E-state index in [1.165, 1.54) is 11.3 Å². The fourth-order valence-electron chi connectivity index (χ4n) is 1.97. The first-order valence-electron chi connectivity index (χ1n) is 6.11. The van der Waals surface area contributed by atoms with Crippen LogP contribution in [0, 0.1) is 0 Å². The van der Waals surface area contributed by atoms with Crippen LogP contribution in [-0.2, 0) is 16.4 Å². The van der Waals surface area contributed by atoms with Gasteiger partial charge in [-0.15, -0.1) is 22.7 Å². The Morgan fingerprint density at radius 1 is 1.32 bits per heavy atom. The molecule has 0 saturated heterocycles. The predicted molar refractivity (Wildman–Crippen MR) is 77.1 cm³/mol. The van der Waals surface area contributed by atoms with E-state index < -0.39 is 10.0 Å². The van der Waals surface area contributed by atoms with E-state index in [1.54, 1.807) is 39.4 Å². The van der Waals surface area contributed by atoms with Crippen LogP contribution in [0.15, 0.2) is 33.3 Å². The highest BCUT2D eigenvalue weighted by Gasteiger charge is 2.38. The summed E-state index contributed by atoms with van der Waals surface area (Å²) in [5.74, 6) is 0. The molecule has 102 valence electrons. The second kappa shape index (κ2) is 5.32. The first kappa shape index (κ1) is 13.2. The number of aromatic nitrogens is 1. The van der Waals surface area contributed by atoms with Gasteiger partial charge in [0.2, 0.25) is 0 Å². The normalized spacial score (nSPS) is 16.1. The van der Waals surface area contributed by atoms with Gasteiger partial charge in [-0.05, 0) is 24.3 Å². The summed E-state index contributed by atoms with van der Waals surface area (Å²) in [5.41, 5.74) is 0. The molecule has 3 rings (SSSR count). The maximum absolute atomic E-state index is 12.6.